The Hall–Kier alpha value is -2.68. The normalized spacial score (nSPS) is 15.5. The molecule has 0 radical (unpaired) electrons. The Morgan fingerprint density at radius 1 is 1.16 bits per heavy atom. The number of ether oxygens (including phenoxy) is 1. The number of hydrogen-bond acceptors (Lipinski definition) is 5. The maximum Gasteiger partial charge on any atom is 0.410 e. The number of sulfonamides is 1. The summed E-state index contributed by atoms with van der Waals surface area (Å²) in [5, 5.41) is 5.16. The van der Waals surface area contributed by atoms with Gasteiger partial charge < -0.3 is 9.64 Å². The van der Waals surface area contributed by atoms with Gasteiger partial charge >= 0.3 is 6.09 Å². The number of carbonyl (C=O) groups is 2. The van der Waals surface area contributed by atoms with E-state index in [2.05, 4.69) is 0 Å². The van der Waals surface area contributed by atoms with E-state index in [9.17, 15) is 18.0 Å². The summed E-state index contributed by atoms with van der Waals surface area (Å²) in [5.41, 5.74) is 4.96. The minimum absolute atomic E-state index is 0.0379. The van der Waals surface area contributed by atoms with Crippen LogP contribution in [-0.2, 0) is 21.2 Å². The Balaban J connectivity index is 1.66. The van der Waals surface area contributed by atoms with Gasteiger partial charge in [0.25, 0.3) is 0 Å². The van der Waals surface area contributed by atoms with E-state index in [4.69, 9.17) is 21.5 Å². The van der Waals surface area contributed by atoms with Crippen LogP contribution in [0, 0.1) is 0 Å². The molecule has 2 aliphatic rings. The molecule has 0 atom stereocenters. The molecule has 0 bridgehead atoms. The number of primary sulfonamides is 1. The monoisotopic (exact) mass is 460 g/mol. The molecule has 4 rings (SSSR count). The highest BCUT2D eigenvalue weighted by atomic mass is 35.5. The molecule has 0 aromatic heterocycles. The highest BCUT2D eigenvalue weighted by Gasteiger charge is 2.30. The lowest BCUT2D eigenvalue weighted by Crippen LogP contribution is -2.36. The molecule has 0 saturated heterocycles. The van der Waals surface area contributed by atoms with Crippen molar-refractivity contribution in [2.75, 3.05) is 19.7 Å². The first-order chi connectivity index (χ1) is 14.7. The summed E-state index contributed by atoms with van der Waals surface area (Å²) in [5.74, 6) is -0.337. The molecular weight excluding hydrogens is 440 g/mol. The summed E-state index contributed by atoms with van der Waals surface area (Å²) in [6, 6.07) is 9.46. The zero-order valence-corrected chi connectivity index (χ0v) is 18.4. The topological polar surface area (TPSA) is 107 Å². The number of halogens is 1. The van der Waals surface area contributed by atoms with Crippen LogP contribution in [-0.4, -0.2) is 44.9 Å². The fourth-order valence-corrected chi connectivity index (χ4v) is 5.13. The number of nitrogens with zero attached hydrogens (tertiary/aromatic N) is 1. The second-order valence-electron chi connectivity index (χ2n) is 7.52. The number of benzene rings is 2. The molecule has 0 unspecified atom stereocenters. The molecule has 1 aliphatic carbocycles. The molecule has 2 aromatic carbocycles. The van der Waals surface area contributed by atoms with Gasteiger partial charge in [-0.3, -0.25) is 4.79 Å². The Bertz CT molecular complexity index is 1240. The minimum atomic E-state index is -4.06. The van der Waals surface area contributed by atoms with E-state index in [1.54, 1.807) is 24.0 Å². The molecule has 31 heavy (non-hydrogen) atoms. The summed E-state index contributed by atoms with van der Waals surface area (Å²) in [6.07, 6.45) is 1.22. The SMILES string of the molecule is CCOC(=O)N1CCC2=C(C1)c1cc(C(=O)c3ccc(Cl)c(S(N)(=O)=O)c3)ccc1C2. The third kappa shape index (κ3) is 4.11. The largest absolute Gasteiger partial charge is 0.450 e. The van der Waals surface area contributed by atoms with Crippen molar-refractivity contribution in [2.24, 2.45) is 5.14 Å². The molecule has 1 aliphatic heterocycles. The first-order valence-corrected chi connectivity index (χ1v) is 11.7. The molecule has 1 amide bonds. The predicted molar refractivity (Wildman–Crippen MR) is 117 cm³/mol. The van der Waals surface area contributed by atoms with E-state index in [1.807, 2.05) is 6.07 Å². The standard InChI is InChI=1S/C22H21ClN2O5S/c1-2-30-22(27)25-8-7-14-9-13-3-4-15(10-17(13)18(14)12-25)21(26)16-5-6-19(23)20(11-16)31(24,28)29/h3-6,10-11H,2,7-9,12H2,1H3,(H2,24,28,29). The van der Waals surface area contributed by atoms with Crippen molar-refractivity contribution in [2.45, 2.75) is 24.7 Å². The first kappa shape index (κ1) is 21.5. The summed E-state index contributed by atoms with van der Waals surface area (Å²) >= 11 is 5.93. The van der Waals surface area contributed by atoms with Crippen LogP contribution >= 0.6 is 11.6 Å². The average Bonchev–Trinajstić information content (AvgIpc) is 3.10. The maximum absolute atomic E-state index is 13.1. The Morgan fingerprint density at radius 3 is 2.58 bits per heavy atom. The lowest BCUT2D eigenvalue weighted by atomic mass is 9.96. The van der Waals surface area contributed by atoms with Gasteiger partial charge in [0.15, 0.2) is 5.78 Å². The van der Waals surface area contributed by atoms with Crippen LogP contribution in [0.1, 0.15) is 40.4 Å². The molecule has 162 valence electrons. The van der Waals surface area contributed by atoms with Gasteiger partial charge in [-0.2, -0.15) is 0 Å². The Kier molecular flexibility index (Phi) is 5.63. The molecular formula is C22H21ClN2O5S. The van der Waals surface area contributed by atoms with Crippen LogP contribution in [0.15, 0.2) is 46.9 Å². The van der Waals surface area contributed by atoms with E-state index in [0.717, 1.165) is 29.5 Å². The van der Waals surface area contributed by atoms with Gasteiger partial charge in [-0.05, 0) is 60.7 Å². The number of hydrogen-bond donors (Lipinski definition) is 1. The third-order valence-corrected chi connectivity index (χ3v) is 6.98. The van der Waals surface area contributed by atoms with E-state index < -0.39 is 10.0 Å². The first-order valence-electron chi connectivity index (χ1n) is 9.82. The summed E-state index contributed by atoms with van der Waals surface area (Å²) < 4.78 is 28.6. The second-order valence-corrected chi connectivity index (χ2v) is 9.46. The van der Waals surface area contributed by atoms with E-state index in [0.29, 0.717) is 25.3 Å². The van der Waals surface area contributed by atoms with Crippen LogP contribution in [0.2, 0.25) is 5.02 Å². The zero-order valence-electron chi connectivity index (χ0n) is 16.9. The Labute approximate surface area is 185 Å². The highest BCUT2D eigenvalue weighted by molar-refractivity contribution is 7.89. The van der Waals surface area contributed by atoms with Gasteiger partial charge in [0.05, 0.1) is 11.6 Å². The minimum Gasteiger partial charge on any atom is -0.450 e. The van der Waals surface area contributed by atoms with Crippen molar-refractivity contribution in [3.8, 4) is 0 Å². The van der Waals surface area contributed by atoms with E-state index >= 15 is 0 Å². The zero-order chi connectivity index (χ0) is 22.3. The van der Waals surface area contributed by atoms with Crippen molar-refractivity contribution in [1.29, 1.82) is 0 Å². The van der Waals surface area contributed by atoms with Crippen molar-refractivity contribution in [3.05, 3.63) is 69.2 Å². The number of rotatable bonds is 4. The smallest absolute Gasteiger partial charge is 0.410 e. The molecule has 2 N–H and O–H groups in total. The summed E-state index contributed by atoms with van der Waals surface area (Å²) in [6.45, 7) is 3.14. The quantitative estimate of drug-likeness (QED) is 0.704. The number of amides is 1. The lowest BCUT2D eigenvalue weighted by molar-refractivity contribution is 0.103. The third-order valence-electron chi connectivity index (χ3n) is 5.59. The van der Waals surface area contributed by atoms with Gasteiger partial charge in [-0.1, -0.05) is 29.3 Å². The molecule has 9 heteroatoms. The molecule has 1 heterocycles. The summed E-state index contributed by atoms with van der Waals surface area (Å²) in [7, 11) is -4.06. The van der Waals surface area contributed by atoms with Crippen molar-refractivity contribution in [1.82, 2.24) is 4.90 Å². The Morgan fingerprint density at radius 2 is 1.87 bits per heavy atom. The predicted octanol–water partition coefficient (Wildman–Crippen LogP) is 3.39. The van der Waals surface area contributed by atoms with Gasteiger partial charge in [0, 0.05) is 24.2 Å². The van der Waals surface area contributed by atoms with Gasteiger partial charge in [0.2, 0.25) is 10.0 Å². The van der Waals surface area contributed by atoms with Crippen LogP contribution in [0.25, 0.3) is 5.57 Å². The molecule has 0 spiro atoms. The highest BCUT2D eigenvalue weighted by Crippen LogP contribution is 2.38. The van der Waals surface area contributed by atoms with E-state index in [-0.39, 0.29) is 27.4 Å². The molecule has 0 fully saturated rings. The van der Waals surface area contributed by atoms with Crippen molar-refractivity contribution >= 4 is 39.1 Å². The molecule has 7 nitrogen and oxygen atoms in total. The average molecular weight is 461 g/mol. The van der Waals surface area contributed by atoms with Gasteiger partial charge in [0.1, 0.15) is 4.90 Å². The number of ketones is 1. The number of nitrogens with two attached hydrogens (primary N) is 1. The number of fused-ring (bicyclic) bond motifs is 2. The van der Waals surface area contributed by atoms with E-state index in [1.165, 1.54) is 23.8 Å². The van der Waals surface area contributed by atoms with Crippen LogP contribution in [0.3, 0.4) is 0 Å². The van der Waals surface area contributed by atoms with Crippen LogP contribution < -0.4 is 5.14 Å². The van der Waals surface area contributed by atoms with Crippen molar-refractivity contribution in [3.63, 3.8) is 0 Å². The van der Waals surface area contributed by atoms with Gasteiger partial charge in [-0.15, -0.1) is 0 Å². The molecule has 2 aromatic rings. The lowest BCUT2D eigenvalue weighted by Gasteiger charge is -2.28. The summed E-state index contributed by atoms with van der Waals surface area (Å²) in [4.78, 5) is 26.6. The maximum atomic E-state index is 13.1. The fourth-order valence-electron chi connectivity index (χ4n) is 4.06. The van der Waals surface area contributed by atoms with Crippen LogP contribution in [0.4, 0.5) is 4.79 Å². The van der Waals surface area contributed by atoms with Gasteiger partial charge in [-0.25, -0.2) is 18.4 Å². The van der Waals surface area contributed by atoms with Crippen molar-refractivity contribution < 1.29 is 22.7 Å². The molecule has 0 saturated carbocycles. The van der Waals surface area contributed by atoms with Crippen LogP contribution in [0.5, 0.6) is 0 Å². The number of carbonyl (C=O) groups excluding carboxylic acids is 2. The fraction of sp³-hybridized carbons (Fsp3) is 0.273. The second kappa shape index (κ2) is 8.11.